The molecule has 0 aromatic carbocycles. The highest BCUT2D eigenvalue weighted by Gasteiger charge is 2.35. The van der Waals surface area contributed by atoms with Gasteiger partial charge in [0.05, 0.1) is 43.3 Å². The molecule has 0 radical (unpaired) electrons. The van der Waals surface area contributed by atoms with E-state index in [4.69, 9.17) is 25.2 Å². The fourth-order valence-corrected chi connectivity index (χ4v) is 6.73. The molecule has 0 saturated carbocycles. The summed E-state index contributed by atoms with van der Waals surface area (Å²) in [5.41, 5.74) is 17.2. The molecule has 2 aliphatic rings. The molecule has 10 nitrogen and oxygen atoms in total. The van der Waals surface area contributed by atoms with Crippen LogP contribution in [0.1, 0.15) is 96.0 Å². The quantitative estimate of drug-likeness (QED) is 0.256. The molecule has 0 aliphatic carbocycles. The van der Waals surface area contributed by atoms with E-state index in [1.165, 1.54) is 14.2 Å². The van der Waals surface area contributed by atoms with Crippen molar-refractivity contribution in [2.24, 2.45) is 5.73 Å². The van der Waals surface area contributed by atoms with Crippen LogP contribution in [0.25, 0.3) is 39.3 Å². The molecule has 1 amide bonds. The fraction of sp³-hybridized carbons (Fsp3) is 0.361. The molecule has 8 bridgehead atoms. The number of nitrogens with zero attached hydrogens (tertiary/aromatic N) is 2. The summed E-state index contributed by atoms with van der Waals surface area (Å²) in [5.74, 6) is -1.96. The normalized spacial score (nSPS) is 16.0. The van der Waals surface area contributed by atoms with E-state index in [0.717, 1.165) is 56.4 Å². The third-order valence-corrected chi connectivity index (χ3v) is 9.41. The number of ether oxygens (including phenoxy) is 2. The monoisotopic (exact) mass is 623 g/mol. The van der Waals surface area contributed by atoms with Gasteiger partial charge in [-0.2, -0.15) is 0 Å². The first kappa shape index (κ1) is 32.4. The van der Waals surface area contributed by atoms with Crippen molar-refractivity contribution in [3.63, 3.8) is 0 Å². The Hall–Kier alpha value is -4.99. The van der Waals surface area contributed by atoms with E-state index >= 15 is 0 Å². The van der Waals surface area contributed by atoms with Crippen LogP contribution in [0, 0.1) is 13.8 Å². The van der Waals surface area contributed by atoms with Crippen LogP contribution < -0.4 is 5.73 Å². The molecule has 3 aromatic rings. The zero-order valence-electron chi connectivity index (χ0n) is 27.5. The van der Waals surface area contributed by atoms with E-state index in [9.17, 15) is 14.4 Å². The molecule has 0 spiro atoms. The summed E-state index contributed by atoms with van der Waals surface area (Å²) in [7, 11) is 2.67. The van der Waals surface area contributed by atoms with E-state index in [2.05, 4.69) is 36.5 Å². The zero-order chi connectivity index (χ0) is 33.4. The number of allylic oxidation sites excluding steroid dienone is 1. The van der Waals surface area contributed by atoms with Gasteiger partial charge in [0.1, 0.15) is 0 Å². The van der Waals surface area contributed by atoms with Crippen molar-refractivity contribution in [2.75, 3.05) is 14.2 Å². The first-order valence-corrected chi connectivity index (χ1v) is 15.5. The Morgan fingerprint density at radius 2 is 1.61 bits per heavy atom. The van der Waals surface area contributed by atoms with Crippen LogP contribution in [0.15, 0.2) is 24.8 Å². The number of hydrogen-bond donors (Lipinski definition) is 3. The van der Waals surface area contributed by atoms with Gasteiger partial charge in [0, 0.05) is 57.1 Å². The second kappa shape index (κ2) is 12.8. The number of hydrogen-bond acceptors (Lipinski definition) is 7. The minimum Gasteiger partial charge on any atom is -0.469 e. The van der Waals surface area contributed by atoms with Gasteiger partial charge in [-0.25, -0.2) is 4.98 Å². The van der Waals surface area contributed by atoms with Crippen molar-refractivity contribution >= 4 is 57.1 Å². The molecular formula is C36H41N5O5. The number of rotatable bonds is 8. The van der Waals surface area contributed by atoms with Gasteiger partial charge in [0.15, 0.2) is 0 Å². The molecule has 0 saturated heterocycles. The Morgan fingerprint density at radius 1 is 0.935 bits per heavy atom. The largest absolute Gasteiger partial charge is 0.469 e. The zero-order valence-corrected chi connectivity index (χ0v) is 27.5. The summed E-state index contributed by atoms with van der Waals surface area (Å²) in [6.07, 6.45) is 2.98. The summed E-state index contributed by atoms with van der Waals surface area (Å²) < 4.78 is 10.1. The number of nitrogens with two attached hydrogens (primary N) is 1. The molecule has 3 aromatic heterocycles. The number of nitrogens with one attached hydrogen (secondary N) is 2. The second-order valence-electron chi connectivity index (χ2n) is 11.9. The molecule has 240 valence electrons. The number of carbonyl (C=O) groups is 3. The van der Waals surface area contributed by atoms with Crippen molar-refractivity contribution in [1.82, 2.24) is 19.9 Å². The third-order valence-electron chi connectivity index (χ3n) is 9.41. The predicted molar refractivity (Wildman–Crippen MR) is 180 cm³/mol. The summed E-state index contributed by atoms with van der Waals surface area (Å²) >= 11 is 0. The average Bonchev–Trinajstić information content (AvgIpc) is 3.71. The highest BCUT2D eigenvalue weighted by atomic mass is 16.5. The van der Waals surface area contributed by atoms with E-state index < -0.39 is 11.9 Å². The Morgan fingerprint density at radius 3 is 2.24 bits per heavy atom. The molecule has 10 heteroatoms. The summed E-state index contributed by atoms with van der Waals surface area (Å²) in [6, 6.07) is 6.02. The van der Waals surface area contributed by atoms with Crippen LogP contribution in [-0.4, -0.2) is 52.0 Å². The maximum atomic E-state index is 13.1. The number of methoxy groups -OCH3 is 2. The lowest BCUT2D eigenvalue weighted by molar-refractivity contribution is -0.141. The van der Waals surface area contributed by atoms with Crippen molar-refractivity contribution in [3.05, 3.63) is 75.4 Å². The summed E-state index contributed by atoms with van der Waals surface area (Å²) in [4.78, 5) is 55.5. The highest BCUT2D eigenvalue weighted by Crippen LogP contribution is 2.43. The van der Waals surface area contributed by atoms with Crippen molar-refractivity contribution in [2.45, 2.75) is 72.1 Å². The molecule has 46 heavy (non-hydrogen) atoms. The fourth-order valence-electron chi connectivity index (χ4n) is 6.73. The minimum atomic E-state index is -0.660. The van der Waals surface area contributed by atoms with Gasteiger partial charge in [-0.1, -0.05) is 26.5 Å². The third kappa shape index (κ3) is 5.63. The Balaban J connectivity index is 2.01. The van der Waals surface area contributed by atoms with Crippen LogP contribution in [0.4, 0.5) is 0 Å². The standard InChI is InChI=1S/C36H41N5O5/c1-9-21-17(3)25-14-27-19(5)23(11-12-31(42)45-7)34(40-27)24(13-32(43)46-8)35-33(36(37)44)20(6)28(41-35)16-30-22(10-2)18(4)26(39-30)15-29(21)38-25/h9,14-16,19,23,38-39H,1,10-13H2,2-8H3,(H2,37,44). The first-order valence-electron chi connectivity index (χ1n) is 15.5. The summed E-state index contributed by atoms with van der Waals surface area (Å²) in [6.45, 7) is 14.1. The maximum absolute atomic E-state index is 13.1. The molecule has 2 atom stereocenters. The van der Waals surface area contributed by atoms with Gasteiger partial charge < -0.3 is 25.2 Å². The van der Waals surface area contributed by atoms with Crippen LogP contribution in [-0.2, 0) is 36.7 Å². The number of H-pyrrole nitrogens is 2. The smallest absolute Gasteiger partial charge is 0.310 e. The van der Waals surface area contributed by atoms with Gasteiger partial charge in [0.2, 0.25) is 0 Å². The Bertz CT molecular complexity index is 1980. The highest BCUT2D eigenvalue weighted by molar-refractivity contribution is 6.27. The van der Waals surface area contributed by atoms with E-state index in [0.29, 0.717) is 34.6 Å². The number of aryl methyl sites for hydroxylation is 3. The second-order valence-corrected chi connectivity index (χ2v) is 11.9. The average molecular weight is 624 g/mol. The van der Waals surface area contributed by atoms with E-state index in [1.54, 1.807) is 6.92 Å². The molecule has 5 rings (SSSR count). The molecule has 4 N–H and O–H groups in total. The van der Waals surface area contributed by atoms with Crippen molar-refractivity contribution in [1.29, 1.82) is 0 Å². The Kier molecular flexibility index (Phi) is 9.01. The lowest BCUT2D eigenvalue weighted by atomic mass is 9.84. The number of primary amides is 1. The number of aromatic nitrogens is 4. The number of esters is 2. The first-order chi connectivity index (χ1) is 21.9. The van der Waals surface area contributed by atoms with Gasteiger partial charge in [-0.15, -0.1) is 0 Å². The molecule has 5 heterocycles. The lowest BCUT2D eigenvalue weighted by Crippen LogP contribution is -2.17. The minimum absolute atomic E-state index is 0.147. The van der Waals surface area contributed by atoms with Crippen molar-refractivity contribution in [3.8, 4) is 0 Å². The number of carbonyl (C=O) groups excluding carboxylic acids is 3. The lowest BCUT2D eigenvalue weighted by Gasteiger charge is -2.18. The molecular weight excluding hydrogens is 582 g/mol. The Labute approximate surface area is 268 Å². The molecule has 2 aliphatic heterocycles. The number of amides is 1. The van der Waals surface area contributed by atoms with E-state index in [-0.39, 0.29) is 36.2 Å². The predicted octanol–water partition coefficient (Wildman–Crippen LogP) is 6.11. The molecule has 0 fully saturated rings. The summed E-state index contributed by atoms with van der Waals surface area (Å²) in [5, 5.41) is 0. The maximum Gasteiger partial charge on any atom is 0.310 e. The topological polar surface area (TPSA) is 153 Å². The van der Waals surface area contributed by atoms with Gasteiger partial charge in [-0.3, -0.25) is 19.4 Å². The van der Waals surface area contributed by atoms with Gasteiger partial charge in [-0.05, 0) is 74.1 Å². The van der Waals surface area contributed by atoms with Crippen LogP contribution in [0.3, 0.4) is 0 Å². The van der Waals surface area contributed by atoms with Crippen LogP contribution in [0.5, 0.6) is 0 Å². The SMILES string of the molecule is C=Cc1c(C)c2cc3nc(c(CC(=O)OC)c4nc(cc5[nH]c(cc1[nH]2)c(C)c5CC)C(C)=C4C(N)=O)C(CCC(=O)OC)C3C. The van der Waals surface area contributed by atoms with Crippen LogP contribution in [0.2, 0.25) is 0 Å². The van der Waals surface area contributed by atoms with Crippen LogP contribution >= 0.6 is 0 Å². The van der Waals surface area contributed by atoms with E-state index in [1.807, 2.05) is 32.1 Å². The van der Waals surface area contributed by atoms with Gasteiger partial charge in [0.25, 0.3) is 5.91 Å². The number of fused-ring (bicyclic) bond motifs is 8. The van der Waals surface area contributed by atoms with Crippen molar-refractivity contribution < 1.29 is 23.9 Å². The number of aromatic amines is 2. The molecule has 2 unspecified atom stereocenters. The van der Waals surface area contributed by atoms with Gasteiger partial charge >= 0.3 is 11.9 Å².